The first-order valence-electron chi connectivity index (χ1n) is 7.58. The second-order valence-electron chi connectivity index (χ2n) is 6.13. The summed E-state index contributed by atoms with van der Waals surface area (Å²) in [5.41, 5.74) is 7.20. The van der Waals surface area contributed by atoms with Crippen LogP contribution < -0.4 is 5.73 Å². The molecule has 1 unspecified atom stereocenters. The predicted octanol–water partition coefficient (Wildman–Crippen LogP) is 1.44. The quantitative estimate of drug-likeness (QED) is 0.840. The van der Waals surface area contributed by atoms with Gasteiger partial charge in [0.05, 0.1) is 4.90 Å². The number of anilines is 1. The number of aryl methyl sites for hydroxylation is 1. The summed E-state index contributed by atoms with van der Waals surface area (Å²) in [6.45, 7) is 5.19. The number of hydrogen-bond donors (Lipinski definition) is 1. The van der Waals surface area contributed by atoms with Gasteiger partial charge in [0.1, 0.15) is 0 Å². The fourth-order valence-electron chi connectivity index (χ4n) is 3.47. The Balaban J connectivity index is 1.89. The largest absolute Gasteiger partial charge is 0.399 e. The van der Waals surface area contributed by atoms with E-state index in [1.54, 1.807) is 22.5 Å². The Hall–Kier alpha value is -1.11. The van der Waals surface area contributed by atoms with Crippen LogP contribution in [0.25, 0.3) is 0 Å². The number of nitrogens with zero attached hydrogens (tertiary/aromatic N) is 2. The second-order valence-corrected chi connectivity index (χ2v) is 8.07. The molecule has 2 heterocycles. The molecular weight excluding hydrogens is 286 g/mol. The summed E-state index contributed by atoms with van der Waals surface area (Å²) < 4.78 is 27.4. The number of sulfonamides is 1. The maximum atomic E-state index is 12.9. The molecule has 1 aromatic rings. The summed E-state index contributed by atoms with van der Waals surface area (Å²) in [7, 11) is -3.44. The number of rotatable bonds is 2. The first-order valence-corrected chi connectivity index (χ1v) is 9.02. The summed E-state index contributed by atoms with van der Waals surface area (Å²) in [5, 5.41) is 0. The molecule has 0 radical (unpaired) electrons. The molecule has 1 atom stereocenters. The van der Waals surface area contributed by atoms with E-state index in [9.17, 15) is 8.42 Å². The third kappa shape index (κ3) is 2.93. The van der Waals surface area contributed by atoms with E-state index in [2.05, 4.69) is 4.90 Å². The lowest BCUT2D eigenvalue weighted by atomic mass is 10.2. The molecule has 2 aliphatic heterocycles. The third-order valence-electron chi connectivity index (χ3n) is 4.48. The predicted molar refractivity (Wildman–Crippen MR) is 83.6 cm³/mol. The van der Waals surface area contributed by atoms with Crippen molar-refractivity contribution in [3.8, 4) is 0 Å². The fourth-order valence-corrected chi connectivity index (χ4v) is 5.12. The third-order valence-corrected chi connectivity index (χ3v) is 6.32. The minimum atomic E-state index is -3.44. The molecule has 6 heteroatoms. The fraction of sp³-hybridized carbons (Fsp3) is 0.600. The molecule has 0 saturated carbocycles. The van der Waals surface area contributed by atoms with E-state index in [4.69, 9.17) is 5.73 Å². The van der Waals surface area contributed by atoms with E-state index in [1.165, 1.54) is 6.42 Å². The summed E-state index contributed by atoms with van der Waals surface area (Å²) in [6, 6.07) is 5.45. The molecule has 3 rings (SSSR count). The topological polar surface area (TPSA) is 66.6 Å². The van der Waals surface area contributed by atoms with Crippen LogP contribution in [0, 0.1) is 6.92 Å². The van der Waals surface area contributed by atoms with Gasteiger partial charge in [-0.15, -0.1) is 0 Å². The van der Waals surface area contributed by atoms with Gasteiger partial charge < -0.3 is 5.73 Å². The molecule has 2 aliphatic rings. The minimum absolute atomic E-state index is 0.325. The molecule has 2 saturated heterocycles. The van der Waals surface area contributed by atoms with E-state index in [0.29, 0.717) is 29.7 Å². The molecule has 0 aromatic heterocycles. The first kappa shape index (κ1) is 14.8. The molecule has 21 heavy (non-hydrogen) atoms. The van der Waals surface area contributed by atoms with Gasteiger partial charge in [-0.25, -0.2) is 8.42 Å². The monoisotopic (exact) mass is 309 g/mol. The first-order chi connectivity index (χ1) is 9.96. The van der Waals surface area contributed by atoms with E-state index in [1.807, 2.05) is 6.92 Å². The van der Waals surface area contributed by atoms with Gasteiger partial charge in [-0.3, -0.25) is 4.90 Å². The molecule has 0 aliphatic carbocycles. The van der Waals surface area contributed by atoms with Gasteiger partial charge in [0, 0.05) is 24.8 Å². The number of nitrogen functional groups attached to an aromatic ring is 1. The zero-order chi connectivity index (χ0) is 15.0. The Morgan fingerprint density at radius 2 is 1.90 bits per heavy atom. The Morgan fingerprint density at radius 1 is 1.14 bits per heavy atom. The highest BCUT2D eigenvalue weighted by molar-refractivity contribution is 7.89. The van der Waals surface area contributed by atoms with Crippen molar-refractivity contribution >= 4 is 15.7 Å². The number of hydrogen-bond acceptors (Lipinski definition) is 4. The highest BCUT2D eigenvalue weighted by Gasteiger charge is 2.34. The van der Waals surface area contributed by atoms with Gasteiger partial charge in [0.15, 0.2) is 0 Å². The van der Waals surface area contributed by atoms with Gasteiger partial charge in [-0.2, -0.15) is 4.31 Å². The Kier molecular flexibility index (Phi) is 3.94. The SMILES string of the molecule is Cc1cc(N)cc(S(=O)(=O)N2CCCN3CCCC3C2)c1. The second kappa shape index (κ2) is 5.59. The molecule has 0 amide bonds. The van der Waals surface area contributed by atoms with Gasteiger partial charge >= 0.3 is 0 Å². The van der Waals surface area contributed by atoms with Crippen molar-refractivity contribution in [1.82, 2.24) is 9.21 Å². The standard InChI is InChI=1S/C15H23N3O2S/c1-12-8-13(16)10-15(9-12)21(19,20)18-7-3-6-17-5-2-4-14(17)11-18/h8-10,14H,2-7,11,16H2,1H3. The molecular formula is C15H23N3O2S. The zero-order valence-electron chi connectivity index (χ0n) is 12.5. The van der Waals surface area contributed by atoms with E-state index < -0.39 is 10.0 Å². The summed E-state index contributed by atoms with van der Waals surface area (Å²) in [5.74, 6) is 0. The molecule has 2 fully saturated rings. The van der Waals surface area contributed by atoms with Crippen LogP contribution in [0.15, 0.2) is 23.1 Å². The summed E-state index contributed by atoms with van der Waals surface area (Å²) in [4.78, 5) is 2.76. The van der Waals surface area contributed by atoms with Crippen molar-refractivity contribution in [3.05, 3.63) is 23.8 Å². The normalized spacial score (nSPS) is 24.7. The lowest BCUT2D eigenvalue weighted by molar-refractivity contribution is 0.257. The molecule has 5 nitrogen and oxygen atoms in total. The Morgan fingerprint density at radius 3 is 2.67 bits per heavy atom. The van der Waals surface area contributed by atoms with Crippen molar-refractivity contribution in [2.45, 2.75) is 37.1 Å². The lowest BCUT2D eigenvalue weighted by Crippen LogP contribution is -2.39. The van der Waals surface area contributed by atoms with E-state index in [0.717, 1.165) is 31.5 Å². The van der Waals surface area contributed by atoms with Gasteiger partial charge in [0.2, 0.25) is 10.0 Å². The summed E-state index contributed by atoms with van der Waals surface area (Å²) in [6.07, 6.45) is 3.18. The van der Waals surface area contributed by atoms with Gasteiger partial charge in [-0.1, -0.05) is 0 Å². The number of fused-ring (bicyclic) bond motifs is 1. The number of benzene rings is 1. The van der Waals surface area contributed by atoms with Crippen LogP contribution >= 0.6 is 0 Å². The average molecular weight is 309 g/mol. The van der Waals surface area contributed by atoms with Crippen molar-refractivity contribution in [2.75, 3.05) is 31.9 Å². The van der Waals surface area contributed by atoms with Crippen LogP contribution in [0.4, 0.5) is 5.69 Å². The van der Waals surface area contributed by atoms with E-state index >= 15 is 0 Å². The molecule has 0 spiro atoms. The van der Waals surface area contributed by atoms with Crippen LogP contribution in [-0.4, -0.2) is 49.8 Å². The maximum absolute atomic E-state index is 12.9. The minimum Gasteiger partial charge on any atom is -0.399 e. The van der Waals surface area contributed by atoms with Crippen LogP contribution in [0.2, 0.25) is 0 Å². The van der Waals surface area contributed by atoms with Crippen LogP contribution in [0.3, 0.4) is 0 Å². The van der Waals surface area contributed by atoms with Gasteiger partial charge in [-0.05, 0) is 63.0 Å². The van der Waals surface area contributed by atoms with Crippen LogP contribution in [-0.2, 0) is 10.0 Å². The van der Waals surface area contributed by atoms with Crippen LogP contribution in [0.1, 0.15) is 24.8 Å². The average Bonchev–Trinajstić information content (AvgIpc) is 2.74. The molecule has 116 valence electrons. The highest BCUT2D eigenvalue weighted by atomic mass is 32.2. The van der Waals surface area contributed by atoms with Crippen molar-refractivity contribution < 1.29 is 8.42 Å². The smallest absolute Gasteiger partial charge is 0.243 e. The summed E-state index contributed by atoms with van der Waals surface area (Å²) >= 11 is 0. The van der Waals surface area contributed by atoms with Crippen LogP contribution in [0.5, 0.6) is 0 Å². The Bertz CT molecular complexity index is 610. The molecule has 0 bridgehead atoms. The van der Waals surface area contributed by atoms with E-state index in [-0.39, 0.29) is 0 Å². The van der Waals surface area contributed by atoms with Crippen molar-refractivity contribution in [2.24, 2.45) is 0 Å². The van der Waals surface area contributed by atoms with Gasteiger partial charge in [0.25, 0.3) is 0 Å². The Labute approximate surface area is 126 Å². The number of nitrogens with two attached hydrogens (primary N) is 1. The molecule has 2 N–H and O–H groups in total. The lowest BCUT2D eigenvalue weighted by Gasteiger charge is -2.25. The maximum Gasteiger partial charge on any atom is 0.243 e. The van der Waals surface area contributed by atoms with Crippen molar-refractivity contribution in [1.29, 1.82) is 0 Å². The van der Waals surface area contributed by atoms with Crippen molar-refractivity contribution in [3.63, 3.8) is 0 Å². The molecule has 1 aromatic carbocycles. The highest BCUT2D eigenvalue weighted by Crippen LogP contribution is 2.26. The zero-order valence-corrected chi connectivity index (χ0v) is 13.3.